The van der Waals surface area contributed by atoms with Crippen molar-refractivity contribution in [1.29, 1.82) is 5.26 Å². The van der Waals surface area contributed by atoms with Crippen molar-refractivity contribution in [2.45, 2.75) is 20.8 Å². The van der Waals surface area contributed by atoms with Crippen LogP contribution >= 0.6 is 0 Å². The summed E-state index contributed by atoms with van der Waals surface area (Å²) >= 11 is 0. The van der Waals surface area contributed by atoms with Gasteiger partial charge in [0.05, 0.1) is 0 Å². The highest BCUT2D eigenvalue weighted by atomic mass is 15.2. The van der Waals surface area contributed by atoms with Crippen molar-refractivity contribution >= 4 is 16.7 Å². The zero-order valence-electron chi connectivity index (χ0n) is 11.4. The Hall–Kier alpha value is -1.95. The number of hydrogen-bond acceptors (Lipinski definition) is 2. The number of hydrogen-bond donors (Lipinski definition) is 1. The minimum atomic E-state index is 0.193. The van der Waals surface area contributed by atoms with E-state index in [1.807, 2.05) is 31.3 Å². The molecular formula is C15H19N3. The average Bonchev–Trinajstić information content (AvgIpc) is 2.65. The predicted molar refractivity (Wildman–Crippen MR) is 75.7 cm³/mol. The first-order valence-electron chi connectivity index (χ1n) is 6.14. The summed E-state index contributed by atoms with van der Waals surface area (Å²) in [5, 5.41) is 10.4. The lowest BCUT2D eigenvalue weighted by atomic mass is 9.96. The molecular weight excluding hydrogens is 222 g/mol. The molecule has 1 heterocycles. The van der Waals surface area contributed by atoms with Crippen LogP contribution in [0.4, 0.5) is 5.82 Å². The molecule has 1 aromatic carbocycles. The monoisotopic (exact) mass is 241 g/mol. The lowest BCUT2D eigenvalue weighted by molar-refractivity contribution is 0.418. The van der Waals surface area contributed by atoms with E-state index >= 15 is 0 Å². The van der Waals surface area contributed by atoms with Gasteiger partial charge in [0.15, 0.2) is 0 Å². The van der Waals surface area contributed by atoms with Gasteiger partial charge in [-0.1, -0.05) is 39.0 Å². The van der Waals surface area contributed by atoms with Gasteiger partial charge in [-0.2, -0.15) is 5.26 Å². The number of rotatable bonds is 2. The first kappa shape index (κ1) is 12.5. The molecule has 1 N–H and O–H groups in total. The first-order valence-corrected chi connectivity index (χ1v) is 6.14. The van der Waals surface area contributed by atoms with Crippen LogP contribution in [0.5, 0.6) is 0 Å². The Morgan fingerprint density at radius 1 is 1.28 bits per heavy atom. The van der Waals surface area contributed by atoms with E-state index in [1.165, 1.54) is 0 Å². The van der Waals surface area contributed by atoms with Gasteiger partial charge in [0.25, 0.3) is 0 Å². The highest BCUT2D eigenvalue weighted by molar-refractivity contribution is 5.91. The van der Waals surface area contributed by atoms with E-state index in [2.05, 4.69) is 36.7 Å². The minimum Gasteiger partial charge on any atom is -0.360 e. The second-order valence-corrected chi connectivity index (χ2v) is 5.92. The standard InChI is InChI=1S/C15H19N3/c1-15(2,3)10-18(4)14-12(9-16)11-7-5-6-8-13(11)17-14/h5-8,17H,10H2,1-4H3. The van der Waals surface area contributed by atoms with Gasteiger partial charge in [-0.3, -0.25) is 0 Å². The Bertz CT molecular complexity index is 596. The van der Waals surface area contributed by atoms with Crippen molar-refractivity contribution in [1.82, 2.24) is 4.98 Å². The van der Waals surface area contributed by atoms with Crippen molar-refractivity contribution in [2.24, 2.45) is 5.41 Å². The summed E-state index contributed by atoms with van der Waals surface area (Å²) in [6.07, 6.45) is 0. The molecule has 1 aromatic heterocycles. The number of H-pyrrole nitrogens is 1. The third-order valence-corrected chi connectivity index (χ3v) is 2.89. The van der Waals surface area contributed by atoms with Crippen LogP contribution in [0.3, 0.4) is 0 Å². The molecule has 94 valence electrons. The molecule has 0 atom stereocenters. The van der Waals surface area contributed by atoms with E-state index < -0.39 is 0 Å². The summed E-state index contributed by atoms with van der Waals surface area (Å²) in [6.45, 7) is 7.48. The first-order chi connectivity index (χ1) is 8.42. The third kappa shape index (κ3) is 2.33. The van der Waals surface area contributed by atoms with Crippen LogP contribution in [0, 0.1) is 16.7 Å². The van der Waals surface area contributed by atoms with Crippen LogP contribution in [0.1, 0.15) is 26.3 Å². The Morgan fingerprint density at radius 3 is 2.56 bits per heavy atom. The smallest absolute Gasteiger partial charge is 0.124 e. The largest absolute Gasteiger partial charge is 0.360 e. The molecule has 0 fully saturated rings. The second-order valence-electron chi connectivity index (χ2n) is 5.92. The number of benzene rings is 1. The van der Waals surface area contributed by atoms with Gasteiger partial charge in [-0.25, -0.2) is 0 Å². The molecule has 3 heteroatoms. The van der Waals surface area contributed by atoms with E-state index in [0.717, 1.165) is 28.8 Å². The van der Waals surface area contributed by atoms with Crippen molar-refractivity contribution in [3.8, 4) is 6.07 Å². The molecule has 18 heavy (non-hydrogen) atoms. The Labute approximate surface area is 108 Å². The molecule has 2 rings (SSSR count). The van der Waals surface area contributed by atoms with Crippen molar-refractivity contribution < 1.29 is 0 Å². The van der Waals surface area contributed by atoms with E-state index in [0.29, 0.717) is 0 Å². The molecule has 0 unspecified atom stereocenters. The molecule has 0 spiro atoms. The quantitative estimate of drug-likeness (QED) is 0.874. The number of nitrogens with zero attached hydrogens (tertiary/aromatic N) is 2. The molecule has 2 aromatic rings. The van der Waals surface area contributed by atoms with E-state index in [9.17, 15) is 5.26 Å². The number of para-hydroxylation sites is 1. The molecule has 0 bridgehead atoms. The summed E-state index contributed by atoms with van der Waals surface area (Å²) in [7, 11) is 2.02. The summed E-state index contributed by atoms with van der Waals surface area (Å²) < 4.78 is 0. The van der Waals surface area contributed by atoms with Crippen LogP contribution in [-0.2, 0) is 0 Å². The predicted octanol–water partition coefficient (Wildman–Crippen LogP) is 3.52. The molecule has 0 aliphatic carbocycles. The Morgan fingerprint density at radius 2 is 1.94 bits per heavy atom. The highest BCUT2D eigenvalue weighted by Gasteiger charge is 2.19. The van der Waals surface area contributed by atoms with Crippen LogP contribution in [-0.4, -0.2) is 18.6 Å². The van der Waals surface area contributed by atoms with Crippen molar-refractivity contribution in [3.05, 3.63) is 29.8 Å². The van der Waals surface area contributed by atoms with Gasteiger partial charge in [0, 0.05) is 24.5 Å². The van der Waals surface area contributed by atoms with Gasteiger partial charge < -0.3 is 9.88 Å². The molecule has 0 aliphatic rings. The van der Waals surface area contributed by atoms with E-state index in [1.54, 1.807) is 0 Å². The normalized spacial score (nSPS) is 11.5. The van der Waals surface area contributed by atoms with E-state index in [-0.39, 0.29) is 5.41 Å². The summed E-state index contributed by atoms with van der Waals surface area (Å²) in [5.41, 5.74) is 1.95. The maximum absolute atomic E-state index is 9.36. The van der Waals surface area contributed by atoms with Crippen LogP contribution in [0.15, 0.2) is 24.3 Å². The minimum absolute atomic E-state index is 0.193. The number of nitriles is 1. The number of nitrogens with one attached hydrogen (secondary N) is 1. The third-order valence-electron chi connectivity index (χ3n) is 2.89. The van der Waals surface area contributed by atoms with Gasteiger partial charge in [-0.05, 0) is 11.5 Å². The number of fused-ring (bicyclic) bond motifs is 1. The van der Waals surface area contributed by atoms with Gasteiger partial charge >= 0.3 is 0 Å². The average molecular weight is 241 g/mol. The maximum atomic E-state index is 9.36. The second kappa shape index (κ2) is 4.38. The topological polar surface area (TPSA) is 42.8 Å². The van der Waals surface area contributed by atoms with Gasteiger partial charge in [0.1, 0.15) is 17.5 Å². The Balaban J connectivity index is 2.48. The van der Waals surface area contributed by atoms with Crippen molar-refractivity contribution in [3.63, 3.8) is 0 Å². The molecule has 0 saturated heterocycles. The van der Waals surface area contributed by atoms with Crippen molar-refractivity contribution in [2.75, 3.05) is 18.5 Å². The van der Waals surface area contributed by atoms with Gasteiger partial charge in [-0.15, -0.1) is 0 Å². The molecule has 0 aliphatic heterocycles. The van der Waals surface area contributed by atoms with Crippen LogP contribution in [0.2, 0.25) is 0 Å². The number of aromatic amines is 1. The lowest BCUT2D eigenvalue weighted by Gasteiger charge is -2.27. The van der Waals surface area contributed by atoms with E-state index in [4.69, 9.17) is 0 Å². The zero-order chi connectivity index (χ0) is 13.3. The zero-order valence-corrected chi connectivity index (χ0v) is 11.4. The van der Waals surface area contributed by atoms with Crippen LogP contribution in [0.25, 0.3) is 10.9 Å². The number of aromatic nitrogens is 1. The summed E-state index contributed by atoms with van der Waals surface area (Å²) in [6, 6.07) is 10.2. The Kier molecular flexibility index (Phi) is 3.04. The molecule has 0 saturated carbocycles. The SMILES string of the molecule is CN(CC(C)(C)C)c1[nH]c2ccccc2c1C#N. The summed E-state index contributed by atoms with van der Waals surface area (Å²) in [4.78, 5) is 5.46. The number of anilines is 1. The fourth-order valence-corrected chi connectivity index (χ4v) is 2.32. The lowest BCUT2D eigenvalue weighted by Crippen LogP contribution is -2.29. The summed E-state index contributed by atoms with van der Waals surface area (Å²) in [5.74, 6) is 0.911. The molecule has 0 radical (unpaired) electrons. The molecule has 3 nitrogen and oxygen atoms in total. The fraction of sp³-hybridized carbons (Fsp3) is 0.400. The van der Waals surface area contributed by atoms with Gasteiger partial charge in [0.2, 0.25) is 0 Å². The highest BCUT2D eigenvalue weighted by Crippen LogP contribution is 2.29. The maximum Gasteiger partial charge on any atom is 0.124 e. The van der Waals surface area contributed by atoms with Crippen LogP contribution < -0.4 is 4.90 Å². The molecule has 0 amide bonds. The fourth-order valence-electron chi connectivity index (χ4n) is 2.32.